The molecule has 23 heavy (non-hydrogen) atoms. The molecule has 1 N–H and O–H groups in total. The lowest BCUT2D eigenvalue weighted by Gasteiger charge is -2.22. The first-order valence-electron chi connectivity index (χ1n) is 7.92. The van der Waals surface area contributed by atoms with Crippen LogP contribution in [-0.2, 0) is 14.4 Å². The van der Waals surface area contributed by atoms with E-state index in [4.69, 9.17) is 0 Å². The molecule has 0 spiro atoms. The summed E-state index contributed by atoms with van der Waals surface area (Å²) in [6.07, 6.45) is 3.31. The number of fused-ring (bicyclic) bond motifs is 1. The lowest BCUT2D eigenvalue weighted by atomic mass is 9.81. The molecule has 1 saturated carbocycles. The highest BCUT2D eigenvalue weighted by molar-refractivity contribution is 6.09. The Hall–Kier alpha value is -2.24. The Balaban J connectivity index is 1.74. The third-order valence-electron chi connectivity index (χ3n) is 4.73. The second-order valence-corrected chi connectivity index (χ2v) is 6.22. The molecule has 3 unspecified atom stereocenters. The first-order chi connectivity index (χ1) is 11.0. The van der Waals surface area contributed by atoms with E-state index in [0.717, 1.165) is 17.7 Å². The van der Waals surface area contributed by atoms with E-state index in [9.17, 15) is 18.8 Å². The highest BCUT2D eigenvalue weighted by Gasteiger charge is 2.50. The molecule has 5 nitrogen and oxygen atoms in total. The van der Waals surface area contributed by atoms with Gasteiger partial charge in [-0.3, -0.25) is 19.3 Å². The number of hydrogen-bond donors (Lipinski definition) is 1. The van der Waals surface area contributed by atoms with Crippen LogP contribution < -0.4 is 5.32 Å². The second kappa shape index (κ2) is 6.10. The molecular weight excluding hydrogens is 299 g/mol. The Morgan fingerprint density at radius 1 is 1.22 bits per heavy atom. The highest BCUT2D eigenvalue weighted by Crippen LogP contribution is 2.38. The SMILES string of the molecule is CC(C(=O)Nc1cccc(F)c1)N1C(=O)C2CCCCC2C1=O. The van der Waals surface area contributed by atoms with Crippen molar-refractivity contribution in [2.24, 2.45) is 11.8 Å². The van der Waals surface area contributed by atoms with Crippen LogP contribution in [-0.4, -0.2) is 28.7 Å². The van der Waals surface area contributed by atoms with Gasteiger partial charge in [0, 0.05) is 5.69 Å². The fourth-order valence-corrected chi connectivity index (χ4v) is 3.50. The molecule has 6 heteroatoms. The summed E-state index contributed by atoms with van der Waals surface area (Å²) in [4.78, 5) is 38.4. The molecule has 1 aromatic rings. The number of carbonyl (C=O) groups excluding carboxylic acids is 3. The predicted molar refractivity (Wildman–Crippen MR) is 81.8 cm³/mol. The van der Waals surface area contributed by atoms with Gasteiger partial charge in [0.15, 0.2) is 0 Å². The number of hydrogen-bond acceptors (Lipinski definition) is 3. The molecule has 1 saturated heterocycles. The number of halogens is 1. The van der Waals surface area contributed by atoms with Crippen LogP contribution in [0.15, 0.2) is 24.3 Å². The smallest absolute Gasteiger partial charge is 0.247 e. The normalized spacial score (nSPS) is 25.2. The van der Waals surface area contributed by atoms with Crippen molar-refractivity contribution < 1.29 is 18.8 Å². The molecule has 2 fully saturated rings. The number of benzene rings is 1. The third kappa shape index (κ3) is 2.85. The minimum absolute atomic E-state index is 0.249. The summed E-state index contributed by atoms with van der Waals surface area (Å²) >= 11 is 0. The molecule has 1 aromatic carbocycles. The Morgan fingerprint density at radius 2 is 1.83 bits per heavy atom. The first-order valence-corrected chi connectivity index (χ1v) is 7.92. The maximum atomic E-state index is 13.2. The van der Waals surface area contributed by atoms with Gasteiger partial charge < -0.3 is 5.32 Å². The van der Waals surface area contributed by atoms with Gasteiger partial charge in [-0.1, -0.05) is 18.9 Å². The summed E-state index contributed by atoms with van der Waals surface area (Å²) in [5.74, 6) is -2.00. The van der Waals surface area contributed by atoms with Crippen LogP contribution in [0.25, 0.3) is 0 Å². The van der Waals surface area contributed by atoms with Gasteiger partial charge in [-0.2, -0.15) is 0 Å². The van der Waals surface area contributed by atoms with E-state index < -0.39 is 17.8 Å². The number of amides is 3. The second-order valence-electron chi connectivity index (χ2n) is 6.22. The molecule has 3 amide bonds. The summed E-state index contributed by atoms with van der Waals surface area (Å²) < 4.78 is 13.2. The summed E-state index contributed by atoms with van der Waals surface area (Å²) in [5, 5.41) is 2.56. The van der Waals surface area contributed by atoms with Crippen molar-refractivity contribution in [3.63, 3.8) is 0 Å². The quantitative estimate of drug-likeness (QED) is 0.870. The summed E-state index contributed by atoms with van der Waals surface area (Å²) in [7, 11) is 0. The van der Waals surface area contributed by atoms with Crippen LogP contribution in [0.4, 0.5) is 10.1 Å². The Bertz CT molecular complexity index is 637. The predicted octanol–water partition coefficient (Wildman–Crippen LogP) is 2.33. The Kier molecular flexibility index (Phi) is 4.15. The molecule has 2 aliphatic rings. The number of anilines is 1. The average Bonchev–Trinajstić information content (AvgIpc) is 2.79. The van der Waals surface area contributed by atoms with Crippen LogP contribution in [0.2, 0.25) is 0 Å². The van der Waals surface area contributed by atoms with Gasteiger partial charge in [0.05, 0.1) is 11.8 Å². The molecule has 1 aliphatic heterocycles. The number of likely N-dealkylation sites (tertiary alicyclic amines) is 1. The maximum absolute atomic E-state index is 13.2. The summed E-state index contributed by atoms with van der Waals surface area (Å²) in [5.41, 5.74) is 0.304. The van der Waals surface area contributed by atoms with E-state index in [-0.39, 0.29) is 23.7 Å². The van der Waals surface area contributed by atoms with Gasteiger partial charge in [0.2, 0.25) is 17.7 Å². The van der Waals surface area contributed by atoms with Crippen molar-refractivity contribution in [3.05, 3.63) is 30.1 Å². The third-order valence-corrected chi connectivity index (χ3v) is 4.73. The van der Waals surface area contributed by atoms with Gasteiger partial charge in [-0.05, 0) is 38.0 Å². The molecule has 122 valence electrons. The summed E-state index contributed by atoms with van der Waals surface area (Å²) in [6.45, 7) is 1.53. The Morgan fingerprint density at radius 3 is 2.39 bits per heavy atom. The van der Waals surface area contributed by atoms with Crippen LogP contribution in [0.3, 0.4) is 0 Å². The molecule has 1 heterocycles. The first kappa shape index (κ1) is 15.6. The maximum Gasteiger partial charge on any atom is 0.247 e. The molecule has 3 rings (SSSR count). The van der Waals surface area contributed by atoms with Crippen LogP contribution in [0.5, 0.6) is 0 Å². The van der Waals surface area contributed by atoms with Crippen LogP contribution >= 0.6 is 0 Å². The fraction of sp³-hybridized carbons (Fsp3) is 0.471. The van der Waals surface area contributed by atoms with E-state index in [0.29, 0.717) is 18.5 Å². The monoisotopic (exact) mass is 318 g/mol. The standard InChI is InChI=1S/C17H19FN2O3/c1-10(15(21)19-12-6-4-5-11(18)9-12)20-16(22)13-7-2-3-8-14(13)17(20)23/h4-6,9-10,13-14H,2-3,7-8H2,1H3,(H,19,21). The molecule has 0 aromatic heterocycles. The van der Waals surface area contributed by atoms with Crippen molar-refractivity contribution >= 4 is 23.4 Å². The van der Waals surface area contributed by atoms with Crippen molar-refractivity contribution in [1.82, 2.24) is 4.90 Å². The zero-order valence-electron chi connectivity index (χ0n) is 12.9. The fourth-order valence-electron chi connectivity index (χ4n) is 3.50. The van der Waals surface area contributed by atoms with Gasteiger partial charge in [0.1, 0.15) is 11.9 Å². The number of carbonyl (C=O) groups is 3. The van der Waals surface area contributed by atoms with Crippen molar-refractivity contribution in [3.8, 4) is 0 Å². The number of imide groups is 1. The van der Waals surface area contributed by atoms with Crippen LogP contribution in [0, 0.1) is 17.7 Å². The van der Waals surface area contributed by atoms with Gasteiger partial charge in [-0.25, -0.2) is 4.39 Å². The Labute approximate surface area is 133 Å². The average molecular weight is 318 g/mol. The molecular formula is C17H19FN2O3. The van der Waals surface area contributed by atoms with Crippen molar-refractivity contribution in [2.45, 2.75) is 38.6 Å². The van der Waals surface area contributed by atoms with E-state index in [1.54, 1.807) is 6.07 Å². The zero-order chi connectivity index (χ0) is 16.6. The topological polar surface area (TPSA) is 66.5 Å². The minimum Gasteiger partial charge on any atom is -0.324 e. The van der Waals surface area contributed by atoms with Gasteiger partial charge in [0.25, 0.3) is 0 Å². The molecule has 3 atom stereocenters. The van der Waals surface area contributed by atoms with E-state index >= 15 is 0 Å². The molecule has 0 radical (unpaired) electrons. The highest BCUT2D eigenvalue weighted by atomic mass is 19.1. The largest absolute Gasteiger partial charge is 0.324 e. The van der Waals surface area contributed by atoms with Crippen LogP contribution in [0.1, 0.15) is 32.6 Å². The van der Waals surface area contributed by atoms with Gasteiger partial charge in [-0.15, -0.1) is 0 Å². The summed E-state index contributed by atoms with van der Waals surface area (Å²) in [6, 6.07) is 4.61. The lowest BCUT2D eigenvalue weighted by Crippen LogP contribution is -2.46. The van der Waals surface area contributed by atoms with Crippen molar-refractivity contribution in [2.75, 3.05) is 5.32 Å². The minimum atomic E-state index is -0.899. The van der Waals surface area contributed by atoms with E-state index in [2.05, 4.69) is 5.32 Å². The molecule has 1 aliphatic carbocycles. The molecule has 0 bridgehead atoms. The number of rotatable bonds is 3. The number of nitrogens with zero attached hydrogens (tertiary/aromatic N) is 1. The van der Waals surface area contributed by atoms with Crippen molar-refractivity contribution in [1.29, 1.82) is 0 Å². The lowest BCUT2D eigenvalue weighted by molar-refractivity contribution is -0.146. The van der Waals surface area contributed by atoms with E-state index in [1.807, 2.05) is 0 Å². The van der Waals surface area contributed by atoms with Gasteiger partial charge >= 0.3 is 0 Å². The van der Waals surface area contributed by atoms with E-state index in [1.165, 1.54) is 25.1 Å². The number of nitrogens with one attached hydrogen (secondary N) is 1. The zero-order valence-corrected chi connectivity index (χ0v) is 12.9.